The summed E-state index contributed by atoms with van der Waals surface area (Å²) in [5, 5.41) is 20.1. The van der Waals surface area contributed by atoms with Crippen LogP contribution >= 0.6 is 0 Å². The third kappa shape index (κ3) is 4.05. The second-order valence-electron chi connectivity index (χ2n) is 5.26. The van der Waals surface area contributed by atoms with Gasteiger partial charge in [0, 0.05) is 19.3 Å². The number of carbonyl (C=O) groups is 1. The monoisotopic (exact) mass is 289 g/mol. The van der Waals surface area contributed by atoms with Gasteiger partial charge in [-0.2, -0.15) is 0 Å². The minimum Gasteiger partial charge on any atom is -0.508 e. The fraction of sp³-hybridized carbons (Fsp3) is 0.400. The van der Waals surface area contributed by atoms with Gasteiger partial charge < -0.3 is 14.8 Å². The second kappa shape index (κ2) is 6.39. The van der Waals surface area contributed by atoms with Crippen LogP contribution in [0.5, 0.6) is 5.75 Å². The highest BCUT2D eigenvalue weighted by atomic mass is 16.4. The van der Waals surface area contributed by atoms with Crippen LogP contribution in [0.15, 0.2) is 28.7 Å². The van der Waals surface area contributed by atoms with Crippen molar-refractivity contribution in [3.63, 3.8) is 0 Å². The normalized spacial score (nSPS) is 12.4. The SMILES string of the molecule is CC(=O)NC(Cc1ccc(O)cc1)c1nnc(C(C)C)o1. The number of aromatic nitrogens is 2. The van der Waals surface area contributed by atoms with E-state index in [0.29, 0.717) is 18.2 Å². The average molecular weight is 289 g/mol. The van der Waals surface area contributed by atoms with Gasteiger partial charge in [-0.15, -0.1) is 10.2 Å². The lowest BCUT2D eigenvalue weighted by Crippen LogP contribution is -2.28. The van der Waals surface area contributed by atoms with Crippen LogP contribution in [-0.4, -0.2) is 21.2 Å². The predicted molar refractivity (Wildman–Crippen MR) is 76.8 cm³/mol. The van der Waals surface area contributed by atoms with E-state index in [-0.39, 0.29) is 23.6 Å². The molecule has 0 saturated heterocycles. The minimum atomic E-state index is -0.382. The molecule has 0 saturated carbocycles. The summed E-state index contributed by atoms with van der Waals surface area (Å²) >= 11 is 0. The Labute approximate surface area is 123 Å². The number of aromatic hydroxyl groups is 1. The molecule has 21 heavy (non-hydrogen) atoms. The van der Waals surface area contributed by atoms with Gasteiger partial charge in [0.1, 0.15) is 11.8 Å². The fourth-order valence-corrected chi connectivity index (χ4v) is 1.93. The molecule has 2 N–H and O–H groups in total. The molecule has 1 heterocycles. The number of nitrogens with zero attached hydrogens (tertiary/aromatic N) is 2. The van der Waals surface area contributed by atoms with E-state index in [9.17, 15) is 9.90 Å². The van der Waals surface area contributed by atoms with E-state index in [0.717, 1.165) is 5.56 Å². The van der Waals surface area contributed by atoms with Gasteiger partial charge in [0.25, 0.3) is 0 Å². The van der Waals surface area contributed by atoms with Crippen molar-refractivity contribution in [3.05, 3.63) is 41.6 Å². The van der Waals surface area contributed by atoms with E-state index in [4.69, 9.17) is 4.42 Å². The lowest BCUT2D eigenvalue weighted by Gasteiger charge is -2.14. The van der Waals surface area contributed by atoms with E-state index in [1.165, 1.54) is 6.92 Å². The summed E-state index contributed by atoms with van der Waals surface area (Å²) in [6.07, 6.45) is 0.513. The van der Waals surface area contributed by atoms with Crippen molar-refractivity contribution in [1.82, 2.24) is 15.5 Å². The van der Waals surface area contributed by atoms with Crippen LogP contribution in [-0.2, 0) is 11.2 Å². The number of rotatable bonds is 5. The second-order valence-corrected chi connectivity index (χ2v) is 5.26. The Balaban J connectivity index is 2.20. The van der Waals surface area contributed by atoms with Crippen molar-refractivity contribution >= 4 is 5.91 Å². The van der Waals surface area contributed by atoms with Gasteiger partial charge in [-0.05, 0) is 17.7 Å². The molecule has 1 amide bonds. The summed E-state index contributed by atoms with van der Waals surface area (Å²) in [6, 6.07) is 6.42. The highest BCUT2D eigenvalue weighted by Crippen LogP contribution is 2.21. The summed E-state index contributed by atoms with van der Waals surface area (Å²) in [5.41, 5.74) is 0.954. The zero-order chi connectivity index (χ0) is 15.4. The first kappa shape index (κ1) is 15.0. The Morgan fingerprint density at radius 2 is 1.86 bits per heavy atom. The molecule has 0 aliphatic heterocycles. The number of phenolic OH excluding ortho intramolecular Hbond substituents is 1. The van der Waals surface area contributed by atoms with Gasteiger partial charge in [0.15, 0.2) is 0 Å². The Kier molecular flexibility index (Phi) is 4.57. The molecule has 2 rings (SSSR count). The summed E-state index contributed by atoms with van der Waals surface area (Å²) in [4.78, 5) is 11.4. The molecule has 0 fully saturated rings. The predicted octanol–water partition coefficient (Wildman–Crippen LogP) is 2.32. The molecular formula is C15H19N3O3. The topological polar surface area (TPSA) is 88.2 Å². The van der Waals surface area contributed by atoms with Crippen LogP contribution in [0.3, 0.4) is 0 Å². The van der Waals surface area contributed by atoms with E-state index >= 15 is 0 Å². The quantitative estimate of drug-likeness (QED) is 0.881. The highest BCUT2D eigenvalue weighted by molar-refractivity contribution is 5.73. The van der Waals surface area contributed by atoms with Gasteiger partial charge in [-0.25, -0.2) is 0 Å². The van der Waals surface area contributed by atoms with Crippen molar-refractivity contribution in [3.8, 4) is 5.75 Å². The molecule has 1 aromatic carbocycles. The molecule has 0 radical (unpaired) electrons. The Morgan fingerprint density at radius 3 is 2.38 bits per heavy atom. The number of carbonyl (C=O) groups excluding carboxylic acids is 1. The molecule has 0 spiro atoms. The summed E-state index contributed by atoms with van der Waals surface area (Å²) in [7, 11) is 0. The molecule has 1 aromatic heterocycles. The third-order valence-electron chi connectivity index (χ3n) is 3.00. The number of benzene rings is 1. The van der Waals surface area contributed by atoms with E-state index in [1.54, 1.807) is 24.3 Å². The smallest absolute Gasteiger partial charge is 0.239 e. The van der Waals surface area contributed by atoms with Crippen molar-refractivity contribution < 1.29 is 14.3 Å². The van der Waals surface area contributed by atoms with E-state index in [1.807, 2.05) is 13.8 Å². The first-order valence-corrected chi connectivity index (χ1v) is 6.84. The molecule has 1 unspecified atom stereocenters. The molecule has 112 valence electrons. The lowest BCUT2D eigenvalue weighted by molar-refractivity contribution is -0.119. The number of nitrogens with one attached hydrogen (secondary N) is 1. The van der Waals surface area contributed by atoms with Gasteiger partial charge >= 0.3 is 0 Å². The Bertz CT molecular complexity index is 605. The van der Waals surface area contributed by atoms with Gasteiger partial charge in [-0.3, -0.25) is 4.79 Å². The van der Waals surface area contributed by atoms with Crippen LogP contribution < -0.4 is 5.32 Å². The maximum atomic E-state index is 11.4. The van der Waals surface area contributed by atoms with Gasteiger partial charge in [0.2, 0.25) is 17.7 Å². The zero-order valence-corrected chi connectivity index (χ0v) is 12.3. The largest absolute Gasteiger partial charge is 0.508 e. The van der Waals surface area contributed by atoms with Gasteiger partial charge in [0.05, 0.1) is 0 Å². The first-order valence-electron chi connectivity index (χ1n) is 6.84. The number of hydrogen-bond acceptors (Lipinski definition) is 5. The molecule has 1 atom stereocenters. The third-order valence-corrected chi connectivity index (χ3v) is 3.00. The molecule has 6 heteroatoms. The van der Waals surface area contributed by atoms with Crippen molar-refractivity contribution in [2.24, 2.45) is 0 Å². The minimum absolute atomic E-state index is 0.137. The first-order chi connectivity index (χ1) is 9.95. The molecule has 0 aliphatic carbocycles. The number of hydrogen-bond donors (Lipinski definition) is 2. The Morgan fingerprint density at radius 1 is 1.24 bits per heavy atom. The van der Waals surface area contributed by atoms with Crippen molar-refractivity contribution in [1.29, 1.82) is 0 Å². The van der Waals surface area contributed by atoms with Crippen LogP contribution in [0.1, 0.15) is 50.1 Å². The summed E-state index contributed by atoms with van der Waals surface area (Å²) < 4.78 is 5.62. The maximum Gasteiger partial charge on any atom is 0.239 e. The lowest BCUT2D eigenvalue weighted by atomic mass is 10.1. The van der Waals surface area contributed by atoms with Crippen LogP contribution in [0.25, 0.3) is 0 Å². The highest BCUT2D eigenvalue weighted by Gasteiger charge is 2.21. The molecular weight excluding hydrogens is 270 g/mol. The molecule has 6 nitrogen and oxygen atoms in total. The molecule has 2 aromatic rings. The molecule has 0 aliphatic rings. The Hall–Kier alpha value is -2.37. The van der Waals surface area contributed by atoms with Gasteiger partial charge in [-0.1, -0.05) is 26.0 Å². The summed E-state index contributed by atoms with van der Waals surface area (Å²) in [5.74, 6) is 1.11. The van der Waals surface area contributed by atoms with E-state index < -0.39 is 0 Å². The van der Waals surface area contributed by atoms with Crippen molar-refractivity contribution in [2.45, 2.75) is 39.2 Å². The van der Waals surface area contributed by atoms with Crippen LogP contribution in [0, 0.1) is 0 Å². The van der Waals surface area contributed by atoms with Crippen LogP contribution in [0.4, 0.5) is 0 Å². The average Bonchev–Trinajstić information content (AvgIpc) is 2.90. The van der Waals surface area contributed by atoms with Crippen molar-refractivity contribution in [2.75, 3.05) is 0 Å². The van der Waals surface area contributed by atoms with E-state index in [2.05, 4.69) is 15.5 Å². The number of amides is 1. The number of phenols is 1. The maximum absolute atomic E-state index is 11.4. The zero-order valence-electron chi connectivity index (χ0n) is 12.3. The van der Waals surface area contributed by atoms with Crippen LogP contribution in [0.2, 0.25) is 0 Å². The fourth-order valence-electron chi connectivity index (χ4n) is 1.93. The molecule has 0 bridgehead atoms. The standard InChI is InChI=1S/C15H19N3O3/c1-9(2)14-17-18-15(21-14)13(16-10(3)19)8-11-4-6-12(20)7-5-11/h4-7,9,13,20H,8H2,1-3H3,(H,16,19). The summed E-state index contributed by atoms with van der Waals surface area (Å²) in [6.45, 7) is 5.37.